The van der Waals surface area contributed by atoms with Gasteiger partial charge in [-0.05, 0) is 29.1 Å². The highest BCUT2D eigenvalue weighted by Gasteiger charge is 2.44. The topological polar surface area (TPSA) is 52.4 Å². The van der Waals surface area contributed by atoms with Gasteiger partial charge in [-0.2, -0.15) is 0 Å². The first-order valence-electron chi connectivity index (χ1n) is 6.69. The molecule has 0 radical (unpaired) electrons. The van der Waals surface area contributed by atoms with Crippen LogP contribution in [-0.2, 0) is 4.43 Å². The van der Waals surface area contributed by atoms with E-state index in [1.807, 2.05) is 0 Å². The summed E-state index contributed by atoms with van der Waals surface area (Å²) in [6, 6.07) is 0. The average molecular weight is 273 g/mol. The smallest absolute Gasteiger partial charge is 0.230 e. The molecule has 18 heavy (non-hydrogen) atoms. The molecule has 0 spiro atoms. The van der Waals surface area contributed by atoms with Gasteiger partial charge in [-0.15, -0.1) is 0 Å². The summed E-state index contributed by atoms with van der Waals surface area (Å²) in [6.07, 6.45) is 3.18. The van der Waals surface area contributed by atoms with Gasteiger partial charge < -0.3 is 4.43 Å². The van der Waals surface area contributed by atoms with Gasteiger partial charge in [-0.1, -0.05) is 41.5 Å². The fourth-order valence-electron chi connectivity index (χ4n) is 2.96. The Labute approximate surface area is 112 Å². The van der Waals surface area contributed by atoms with E-state index in [9.17, 15) is 10.1 Å². The van der Waals surface area contributed by atoms with Crippen molar-refractivity contribution in [1.29, 1.82) is 0 Å². The lowest BCUT2D eigenvalue weighted by Gasteiger charge is -2.42. The van der Waals surface area contributed by atoms with Gasteiger partial charge >= 0.3 is 0 Å². The van der Waals surface area contributed by atoms with Crippen LogP contribution in [0.15, 0.2) is 12.3 Å². The zero-order chi connectivity index (χ0) is 14.3. The quantitative estimate of drug-likeness (QED) is 0.286. The summed E-state index contributed by atoms with van der Waals surface area (Å²) >= 11 is 0. The van der Waals surface area contributed by atoms with E-state index in [-0.39, 0.29) is 0 Å². The van der Waals surface area contributed by atoms with Gasteiger partial charge in [0.05, 0.1) is 4.92 Å². The molecule has 4 nitrogen and oxygen atoms in total. The molecule has 0 aromatic rings. The highest BCUT2D eigenvalue weighted by atomic mass is 28.4. The van der Waals surface area contributed by atoms with Gasteiger partial charge in [0.15, 0.2) is 8.32 Å². The van der Waals surface area contributed by atoms with E-state index in [1.165, 1.54) is 0 Å². The molecule has 0 rings (SSSR count). The molecule has 0 atom stereocenters. The predicted molar refractivity (Wildman–Crippen MR) is 77.8 cm³/mol. The maximum atomic E-state index is 10.2. The van der Waals surface area contributed by atoms with Crippen molar-refractivity contribution in [3.05, 3.63) is 22.4 Å². The lowest BCUT2D eigenvalue weighted by Crippen LogP contribution is -2.47. The Bertz CT molecular complexity index is 266. The Morgan fingerprint density at radius 1 is 1.11 bits per heavy atom. The Kier molecular flexibility index (Phi) is 7.39. The molecule has 0 N–H and O–H groups in total. The largest absolute Gasteiger partial charge is 0.416 e. The molecule has 0 heterocycles. The zero-order valence-corrected chi connectivity index (χ0v) is 13.5. The van der Waals surface area contributed by atoms with Crippen molar-refractivity contribution in [3.63, 3.8) is 0 Å². The Morgan fingerprint density at radius 2 is 1.56 bits per heavy atom. The molecule has 0 aromatic heterocycles. The predicted octanol–water partition coefficient (Wildman–Crippen LogP) is 4.36. The van der Waals surface area contributed by atoms with Crippen LogP contribution in [0.1, 0.15) is 48.0 Å². The van der Waals surface area contributed by atoms with Crippen LogP contribution in [-0.4, -0.2) is 19.8 Å². The number of nitro groups is 1. The first-order valence-corrected chi connectivity index (χ1v) is 8.83. The van der Waals surface area contributed by atoms with E-state index in [1.54, 1.807) is 6.08 Å². The fraction of sp³-hybridized carbons (Fsp3) is 0.846. The minimum atomic E-state index is -1.81. The van der Waals surface area contributed by atoms with Crippen molar-refractivity contribution < 1.29 is 9.35 Å². The second kappa shape index (κ2) is 7.69. The summed E-state index contributed by atoms with van der Waals surface area (Å²) < 4.78 is 6.26. The van der Waals surface area contributed by atoms with Crippen LogP contribution in [0.4, 0.5) is 0 Å². The summed E-state index contributed by atoms with van der Waals surface area (Å²) in [5.74, 6) is 0. The minimum absolute atomic E-state index is 0.433. The van der Waals surface area contributed by atoms with E-state index in [0.29, 0.717) is 29.7 Å². The summed E-state index contributed by atoms with van der Waals surface area (Å²) in [4.78, 5) is 9.74. The highest BCUT2D eigenvalue weighted by Crippen LogP contribution is 2.42. The monoisotopic (exact) mass is 273 g/mol. The summed E-state index contributed by atoms with van der Waals surface area (Å²) in [5, 5.41) is 10.2. The van der Waals surface area contributed by atoms with Gasteiger partial charge in [-0.25, -0.2) is 0 Å². The standard InChI is InChI=1S/C13H27NO3Si/c1-11(2)18(12(3)4,13(5)6)17-10-8-7-9-14(15)16/h7,9,11-13H,8,10H2,1-6H3/b9-7+. The molecule has 0 amide bonds. The van der Waals surface area contributed by atoms with Crippen LogP contribution in [0.25, 0.3) is 0 Å². The van der Waals surface area contributed by atoms with Crippen LogP contribution in [0, 0.1) is 10.1 Å². The first-order chi connectivity index (χ1) is 8.25. The number of rotatable bonds is 8. The number of hydrogen-bond acceptors (Lipinski definition) is 3. The van der Waals surface area contributed by atoms with Crippen molar-refractivity contribution in [1.82, 2.24) is 0 Å². The van der Waals surface area contributed by atoms with E-state index >= 15 is 0 Å². The van der Waals surface area contributed by atoms with E-state index in [2.05, 4.69) is 41.5 Å². The van der Waals surface area contributed by atoms with Crippen molar-refractivity contribution in [2.24, 2.45) is 0 Å². The fourth-order valence-corrected chi connectivity index (χ4v) is 8.44. The molecule has 0 fully saturated rings. The van der Waals surface area contributed by atoms with E-state index < -0.39 is 13.2 Å². The van der Waals surface area contributed by atoms with Crippen LogP contribution >= 0.6 is 0 Å². The maximum Gasteiger partial charge on any atom is 0.230 e. The van der Waals surface area contributed by atoms with Gasteiger partial charge in [0.1, 0.15) is 0 Å². The lowest BCUT2D eigenvalue weighted by atomic mass is 10.4. The zero-order valence-electron chi connectivity index (χ0n) is 12.5. The van der Waals surface area contributed by atoms with Crippen molar-refractivity contribution in [2.45, 2.75) is 64.6 Å². The molecule has 0 saturated carbocycles. The van der Waals surface area contributed by atoms with Gasteiger partial charge in [0.2, 0.25) is 6.20 Å². The highest BCUT2D eigenvalue weighted by molar-refractivity contribution is 6.77. The van der Waals surface area contributed by atoms with Crippen LogP contribution in [0.2, 0.25) is 16.6 Å². The SMILES string of the molecule is CC(C)[Si](OCC/C=C/[N+](=O)[O-])(C(C)C)C(C)C. The summed E-state index contributed by atoms with van der Waals surface area (Å²) in [7, 11) is -1.81. The molecule has 0 unspecified atom stereocenters. The molecule has 106 valence electrons. The minimum Gasteiger partial charge on any atom is -0.416 e. The summed E-state index contributed by atoms with van der Waals surface area (Å²) in [6.45, 7) is 14.0. The molecule has 0 aliphatic rings. The molecule has 0 aliphatic carbocycles. The number of hydrogen-bond donors (Lipinski definition) is 0. The Morgan fingerprint density at radius 3 is 1.89 bits per heavy atom. The van der Waals surface area contributed by atoms with Crippen molar-refractivity contribution in [2.75, 3.05) is 6.61 Å². The normalized spacial score (nSPS) is 13.2. The van der Waals surface area contributed by atoms with Crippen LogP contribution in [0.3, 0.4) is 0 Å². The second-order valence-electron chi connectivity index (χ2n) is 5.62. The third-order valence-corrected chi connectivity index (χ3v) is 9.69. The van der Waals surface area contributed by atoms with E-state index in [4.69, 9.17) is 4.43 Å². The Balaban J connectivity index is 4.57. The molecular formula is C13H27NO3Si. The third kappa shape index (κ3) is 4.53. The van der Waals surface area contributed by atoms with Crippen LogP contribution < -0.4 is 0 Å². The van der Waals surface area contributed by atoms with Gasteiger partial charge in [-0.3, -0.25) is 10.1 Å². The average Bonchev–Trinajstić information content (AvgIpc) is 2.20. The second-order valence-corrected chi connectivity index (χ2v) is 11.1. The maximum absolute atomic E-state index is 10.2. The first kappa shape index (κ1) is 17.3. The Hall–Kier alpha value is -0.683. The van der Waals surface area contributed by atoms with Gasteiger partial charge in [0, 0.05) is 6.61 Å². The lowest BCUT2D eigenvalue weighted by molar-refractivity contribution is -0.402. The number of nitrogens with zero attached hydrogens (tertiary/aromatic N) is 1. The summed E-state index contributed by atoms with van der Waals surface area (Å²) in [5.41, 5.74) is 1.66. The van der Waals surface area contributed by atoms with E-state index in [0.717, 1.165) is 6.20 Å². The molecule has 0 aliphatic heterocycles. The van der Waals surface area contributed by atoms with Gasteiger partial charge in [0.25, 0.3) is 0 Å². The molecule has 5 heteroatoms. The van der Waals surface area contributed by atoms with Crippen molar-refractivity contribution >= 4 is 8.32 Å². The molecule has 0 aromatic carbocycles. The third-order valence-electron chi connectivity index (χ3n) is 3.57. The molecule has 0 saturated heterocycles. The van der Waals surface area contributed by atoms with Crippen molar-refractivity contribution in [3.8, 4) is 0 Å². The molecular weight excluding hydrogens is 246 g/mol. The molecule has 0 bridgehead atoms. The van der Waals surface area contributed by atoms with Crippen LogP contribution in [0.5, 0.6) is 0 Å².